The summed E-state index contributed by atoms with van der Waals surface area (Å²) < 4.78 is 27.8. The molecular formula is C20H18ClN3O4S. The lowest BCUT2D eigenvalue weighted by Gasteiger charge is -2.23. The quantitative estimate of drug-likeness (QED) is 0.395. The van der Waals surface area contributed by atoms with E-state index < -0.39 is 14.9 Å². The van der Waals surface area contributed by atoms with E-state index >= 15 is 0 Å². The van der Waals surface area contributed by atoms with Gasteiger partial charge in [0.1, 0.15) is 0 Å². The number of nitrogens with zero attached hydrogens (tertiary/aromatic N) is 3. The zero-order chi connectivity index (χ0) is 20.9. The predicted molar refractivity (Wildman–Crippen MR) is 110 cm³/mol. The molecule has 0 aliphatic rings. The van der Waals surface area contributed by atoms with Crippen LogP contribution in [0.15, 0.2) is 77.8 Å². The third-order valence-electron chi connectivity index (χ3n) is 4.33. The maximum absolute atomic E-state index is 13.2. The summed E-state index contributed by atoms with van der Waals surface area (Å²) in [5.74, 6) is 0. The van der Waals surface area contributed by atoms with Crippen LogP contribution in [0.5, 0.6) is 0 Å². The van der Waals surface area contributed by atoms with E-state index in [1.165, 1.54) is 28.6 Å². The van der Waals surface area contributed by atoms with E-state index in [0.717, 1.165) is 5.69 Å². The third-order valence-corrected chi connectivity index (χ3v) is 6.56. The molecule has 0 aliphatic carbocycles. The fourth-order valence-electron chi connectivity index (χ4n) is 2.77. The van der Waals surface area contributed by atoms with Gasteiger partial charge in [-0.2, -0.15) is 4.31 Å². The van der Waals surface area contributed by atoms with E-state index in [1.54, 1.807) is 36.5 Å². The number of benzene rings is 2. The second-order valence-electron chi connectivity index (χ2n) is 6.25. The lowest BCUT2D eigenvalue weighted by atomic mass is 10.2. The van der Waals surface area contributed by atoms with Gasteiger partial charge in [0.05, 0.1) is 9.82 Å². The van der Waals surface area contributed by atoms with E-state index in [4.69, 9.17) is 11.6 Å². The molecule has 150 valence electrons. The smallest absolute Gasteiger partial charge is 0.261 e. The van der Waals surface area contributed by atoms with Gasteiger partial charge in [0.15, 0.2) is 0 Å². The van der Waals surface area contributed by atoms with Gasteiger partial charge in [0.25, 0.3) is 5.69 Å². The highest BCUT2D eigenvalue weighted by Crippen LogP contribution is 2.24. The standard InChI is InChI=1S/C20H18ClN3O4S/c21-20-7-2-1-5-16(20)15-23(14-12-17-6-3-4-13-22-17)29(27,28)19-10-8-18(9-11-19)24(25)26/h1-11,13H,12,14-15H2. The van der Waals surface area contributed by atoms with Crippen LogP contribution in [0.4, 0.5) is 5.69 Å². The van der Waals surface area contributed by atoms with Crippen molar-refractivity contribution in [2.24, 2.45) is 0 Å². The van der Waals surface area contributed by atoms with E-state index in [2.05, 4.69) is 4.98 Å². The molecule has 0 atom stereocenters. The molecule has 1 aromatic heterocycles. The van der Waals surface area contributed by atoms with Crippen LogP contribution < -0.4 is 0 Å². The first-order chi connectivity index (χ1) is 13.9. The van der Waals surface area contributed by atoms with Crippen LogP contribution in [0.25, 0.3) is 0 Å². The van der Waals surface area contributed by atoms with Crippen LogP contribution in [0.1, 0.15) is 11.3 Å². The Kier molecular flexibility index (Phi) is 6.58. The van der Waals surface area contributed by atoms with Gasteiger partial charge in [-0.15, -0.1) is 0 Å². The summed E-state index contributed by atoms with van der Waals surface area (Å²) in [5, 5.41) is 11.3. The number of rotatable bonds is 8. The Bertz CT molecular complexity index is 1090. The molecule has 2 aromatic carbocycles. The van der Waals surface area contributed by atoms with E-state index in [9.17, 15) is 18.5 Å². The first-order valence-corrected chi connectivity index (χ1v) is 10.6. The van der Waals surface area contributed by atoms with Gasteiger partial charge in [-0.1, -0.05) is 35.9 Å². The van der Waals surface area contributed by atoms with Crippen molar-refractivity contribution >= 4 is 27.3 Å². The largest absolute Gasteiger partial charge is 0.269 e. The SMILES string of the molecule is O=[N+]([O-])c1ccc(S(=O)(=O)N(CCc2ccccn2)Cc2ccccc2Cl)cc1. The maximum Gasteiger partial charge on any atom is 0.269 e. The topological polar surface area (TPSA) is 93.4 Å². The van der Waals surface area contributed by atoms with Gasteiger partial charge >= 0.3 is 0 Å². The summed E-state index contributed by atoms with van der Waals surface area (Å²) >= 11 is 6.23. The minimum Gasteiger partial charge on any atom is -0.261 e. The Morgan fingerprint density at radius 3 is 2.31 bits per heavy atom. The molecule has 0 N–H and O–H groups in total. The summed E-state index contributed by atoms with van der Waals surface area (Å²) in [6.45, 7) is 0.257. The number of aromatic nitrogens is 1. The summed E-state index contributed by atoms with van der Waals surface area (Å²) in [4.78, 5) is 14.5. The predicted octanol–water partition coefficient (Wildman–Crippen LogP) is 4.08. The molecule has 0 aliphatic heterocycles. The van der Waals surface area contributed by atoms with Crippen LogP contribution in [0.2, 0.25) is 5.02 Å². The molecule has 0 fully saturated rings. The Labute approximate surface area is 173 Å². The molecule has 1 heterocycles. The molecule has 0 saturated carbocycles. The van der Waals surface area contributed by atoms with Crippen molar-refractivity contribution in [3.05, 3.63) is 99.3 Å². The first-order valence-electron chi connectivity index (χ1n) is 8.76. The van der Waals surface area contributed by atoms with Crippen molar-refractivity contribution in [3.63, 3.8) is 0 Å². The fraction of sp³-hybridized carbons (Fsp3) is 0.150. The number of nitro groups is 1. The maximum atomic E-state index is 13.2. The highest BCUT2D eigenvalue weighted by Gasteiger charge is 2.26. The first kappa shape index (κ1) is 20.9. The molecule has 0 bridgehead atoms. The number of pyridine rings is 1. The van der Waals surface area contributed by atoms with Gasteiger partial charge in [-0.25, -0.2) is 8.42 Å². The summed E-state index contributed by atoms with van der Waals surface area (Å²) in [7, 11) is -3.90. The van der Waals surface area contributed by atoms with Gasteiger partial charge in [0.2, 0.25) is 10.0 Å². The lowest BCUT2D eigenvalue weighted by Crippen LogP contribution is -2.32. The number of halogens is 1. The Morgan fingerprint density at radius 1 is 1.00 bits per heavy atom. The molecule has 0 saturated heterocycles. The zero-order valence-corrected chi connectivity index (χ0v) is 16.9. The van der Waals surface area contributed by atoms with Gasteiger partial charge in [-0.3, -0.25) is 15.1 Å². The number of nitro benzene ring substituents is 1. The molecule has 9 heteroatoms. The molecular weight excluding hydrogens is 414 g/mol. The summed E-state index contributed by atoms with van der Waals surface area (Å²) in [5.41, 5.74) is 1.26. The second kappa shape index (κ2) is 9.13. The second-order valence-corrected chi connectivity index (χ2v) is 8.60. The Hall–Kier alpha value is -2.81. The molecule has 29 heavy (non-hydrogen) atoms. The van der Waals surface area contributed by atoms with Crippen molar-refractivity contribution in [3.8, 4) is 0 Å². The van der Waals surface area contributed by atoms with Crippen LogP contribution in [0.3, 0.4) is 0 Å². The molecule has 0 spiro atoms. The van der Waals surface area contributed by atoms with Crippen molar-refractivity contribution in [1.82, 2.24) is 9.29 Å². The third kappa shape index (κ3) is 5.17. The van der Waals surface area contributed by atoms with Crippen molar-refractivity contribution < 1.29 is 13.3 Å². The minimum atomic E-state index is -3.90. The molecule has 0 amide bonds. The molecule has 0 unspecified atom stereocenters. The van der Waals surface area contributed by atoms with E-state index in [1.807, 2.05) is 12.1 Å². The number of sulfonamides is 1. The zero-order valence-electron chi connectivity index (χ0n) is 15.3. The Balaban J connectivity index is 1.91. The highest BCUT2D eigenvalue weighted by molar-refractivity contribution is 7.89. The van der Waals surface area contributed by atoms with Crippen LogP contribution in [-0.4, -0.2) is 29.2 Å². The van der Waals surface area contributed by atoms with E-state index in [-0.39, 0.29) is 23.7 Å². The van der Waals surface area contributed by atoms with Crippen LogP contribution in [-0.2, 0) is 23.0 Å². The minimum absolute atomic E-state index is 0.0174. The summed E-state index contributed by atoms with van der Waals surface area (Å²) in [6, 6.07) is 17.3. The van der Waals surface area contributed by atoms with Crippen LogP contribution >= 0.6 is 11.6 Å². The average Bonchev–Trinajstić information content (AvgIpc) is 2.73. The van der Waals surface area contributed by atoms with Crippen molar-refractivity contribution in [2.45, 2.75) is 17.9 Å². The summed E-state index contributed by atoms with van der Waals surface area (Å²) in [6.07, 6.45) is 2.07. The van der Waals surface area contributed by atoms with E-state index in [0.29, 0.717) is 17.0 Å². The number of non-ortho nitro benzene ring substituents is 1. The molecule has 7 nitrogen and oxygen atoms in total. The van der Waals surface area contributed by atoms with Crippen LogP contribution in [0, 0.1) is 10.1 Å². The van der Waals surface area contributed by atoms with Gasteiger partial charge in [-0.05, 0) is 35.9 Å². The van der Waals surface area contributed by atoms with Crippen molar-refractivity contribution in [2.75, 3.05) is 6.54 Å². The number of hydrogen-bond acceptors (Lipinski definition) is 5. The van der Waals surface area contributed by atoms with Crippen molar-refractivity contribution in [1.29, 1.82) is 0 Å². The highest BCUT2D eigenvalue weighted by atomic mass is 35.5. The fourth-order valence-corrected chi connectivity index (χ4v) is 4.39. The lowest BCUT2D eigenvalue weighted by molar-refractivity contribution is -0.384. The molecule has 3 rings (SSSR count). The van der Waals surface area contributed by atoms with Gasteiger partial charge in [0, 0.05) is 48.6 Å². The normalized spacial score (nSPS) is 11.5. The molecule has 3 aromatic rings. The average molecular weight is 432 g/mol. The van der Waals surface area contributed by atoms with Gasteiger partial charge < -0.3 is 0 Å². The molecule has 0 radical (unpaired) electrons. The monoisotopic (exact) mass is 431 g/mol. The Morgan fingerprint density at radius 2 is 1.69 bits per heavy atom. The number of hydrogen-bond donors (Lipinski definition) is 0.